The fourth-order valence-corrected chi connectivity index (χ4v) is 2.02. The molecule has 7 heteroatoms. The van der Waals surface area contributed by atoms with Crippen LogP contribution >= 0.6 is 0 Å². The topological polar surface area (TPSA) is 39.1 Å². The number of hydrazone groups is 1. The lowest BCUT2D eigenvalue weighted by Gasteiger charge is -2.23. The first kappa shape index (κ1) is 12.7. The molecule has 0 unspecified atom stereocenters. The van der Waals surface area contributed by atoms with Gasteiger partial charge in [0.15, 0.2) is 0 Å². The summed E-state index contributed by atoms with van der Waals surface area (Å²) in [5, 5.41) is 16.1. The van der Waals surface area contributed by atoms with Crippen molar-refractivity contribution in [3.8, 4) is 0 Å². The number of benzene rings is 1. The average molecular weight is 281 g/mol. The highest BCUT2D eigenvalue weighted by Crippen LogP contribution is 2.32. The lowest BCUT2D eigenvalue weighted by Crippen LogP contribution is -2.31. The fraction of sp³-hybridized carbons (Fsp3) is 0.154. The van der Waals surface area contributed by atoms with Crippen LogP contribution in [0.2, 0.25) is 0 Å². The van der Waals surface area contributed by atoms with Crippen LogP contribution in [0.25, 0.3) is 0 Å². The molecule has 3 rings (SSSR count). The van der Waals surface area contributed by atoms with Crippen LogP contribution in [0.5, 0.6) is 0 Å². The number of hydrogen-bond donors (Lipinski definition) is 1. The van der Waals surface area contributed by atoms with Crippen molar-refractivity contribution in [3.63, 3.8) is 0 Å². The summed E-state index contributed by atoms with van der Waals surface area (Å²) in [6.45, 7) is 0. The number of hydrogen-bond acceptors (Lipinski definition) is 4. The molecular weight excluding hydrogens is 271 g/mol. The van der Waals surface area contributed by atoms with Gasteiger partial charge < -0.3 is 0 Å². The second-order valence-corrected chi connectivity index (χ2v) is 4.35. The van der Waals surface area contributed by atoms with Gasteiger partial charge in [-0.2, -0.15) is 18.3 Å². The zero-order chi connectivity index (χ0) is 14.3. The lowest BCUT2D eigenvalue weighted by atomic mass is 10.1. The van der Waals surface area contributed by atoms with Gasteiger partial charge in [-0.15, -0.1) is 10.3 Å². The molecule has 1 aromatic rings. The predicted octanol–water partition coefficient (Wildman–Crippen LogP) is 3.33. The van der Waals surface area contributed by atoms with Gasteiger partial charge in [0.2, 0.25) is 0 Å². The third kappa shape index (κ3) is 2.05. The van der Waals surface area contributed by atoms with Crippen molar-refractivity contribution >= 4 is 11.4 Å². The standard InChI is InChI=1S/C13H10F3N3O/c14-13(15,16)9-5-7-10(8-6-9)18-17-11-3-1-2-4-12(11)19(18)20/h1-2,4-8,20H,3H2. The Morgan fingerprint density at radius 3 is 2.45 bits per heavy atom. The van der Waals surface area contributed by atoms with Crippen molar-refractivity contribution < 1.29 is 18.4 Å². The zero-order valence-electron chi connectivity index (χ0n) is 10.2. The molecule has 0 fully saturated rings. The number of alkyl halides is 3. The monoisotopic (exact) mass is 281 g/mol. The van der Waals surface area contributed by atoms with E-state index in [1.807, 2.05) is 6.08 Å². The van der Waals surface area contributed by atoms with Gasteiger partial charge in [0, 0.05) is 6.42 Å². The van der Waals surface area contributed by atoms with Gasteiger partial charge in [-0.25, -0.2) is 0 Å². The maximum atomic E-state index is 12.5. The number of hydrazine groups is 1. The maximum Gasteiger partial charge on any atom is 0.416 e. The molecule has 0 saturated carbocycles. The summed E-state index contributed by atoms with van der Waals surface area (Å²) in [6.07, 6.45) is 1.54. The summed E-state index contributed by atoms with van der Waals surface area (Å²) in [5.74, 6) is 0. The van der Waals surface area contributed by atoms with Gasteiger partial charge in [0.25, 0.3) is 0 Å². The second kappa shape index (κ2) is 4.38. The molecule has 0 bridgehead atoms. The molecule has 1 aromatic carbocycles. The van der Waals surface area contributed by atoms with E-state index in [1.54, 1.807) is 12.2 Å². The molecule has 0 spiro atoms. The molecular formula is C13H10F3N3O. The van der Waals surface area contributed by atoms with Gasteiger partial charge in [-0.1, -0.05) is 12.2 Å². The second-order valence-electron chi connectivity index (χ2n) is 4.35. The number of nitrogens with zero attached hydrogens (tertiary/aromatic N) is 3. The van der Waals surface area contributed by atoms with Gasteiger partial charge >= 0.3 is 6.18 Å². The van der Waals surface area contributed by atoms with Crippen molar-refractivity contribution in [1.82, 2.24) is 5.17 Å². The summed E-state index contributed by atoms with van der Waals surface area (Å²) >= 11 is 0. The summed E-state index contributed by atoms with van der Waals surface area (Å²) in [4.78, 5) is 0. The summed E-state index contributed by atoms with van der Waals surface area (Å²) in [5.41, 5.74) is 0.793. The maximum absolute atomic E-state index is 12.5. The van der Waals surface area contributed by atoms with Gasteiger partial charge in [0.05, 0.1) is 17.0 Å². The van der Waals surface area contributed by atoms with Crippen LogP contribution in [0.4, 0.5) is 18.9 Å². The Hall–Kier alpha value is -2.28. The first-order valence-electron chi connectivity index (χ1n) is 5.88. The number of hydroxylamine groups is 1. The van der Waals surface area contributed by atoms with Crippen LogP contribution in [-0.2, 0) is 6.18 Å². The molecule has 4 nitrogen and oxygen atoms in total. The van der Waals surface area contributed by atoms with Crippen LogP contribution in [0.15, 0.2) is 53.3 Å². The first-order chi connectivity index (χ1) is 9.47. The molecule has 20 heavy (non-hydrogen) atoms. The lowest BCUT2D eigenvalue weighted by molar-refractivity contribution is -0.137. The normalized spacial score (nSPS) is 18.0. The molecule has 0 aromatic heterocycles. The van der Waals surface area contributed by atoms with Gasteiger partial charge in [-0.05, 0) is 30.3 Å². The average Bonchev–Trinajstić information content (AvgIpc) is 2.76. The van der Waals surface area contributed by atoms with E-state index < -0.39 is 11.7 Å². The van der Waals surface area contributed by atoms with Gasteiger partial charge in [-0.3, -0.25) is 5.21 Å². The minimum atomic E-state index is -4.38. The molecule has 104 valence electrons. The minimum absolute atomic E-state index is 0.350. The van der Waals surface area contributed by atoms with E-state index in [1.165, 1.54) is 12.1 Å². The Labute approximate surface area is 112 Å². The number of halogens is 3. The SMILES string of the molecule is ON1C2=CC=CCC2=NN1c1ccc(C(F)(F)F)cc1. The largest absolute Gasteiger partial charge is 0.416 e. The predicted molar refractivity (Wildman–Crippen MR) is 66.8 cm³/mol. The van der Waals surface area contributed by atoms with Crippen molar-refractivity contribution in [2.45, 2.75) is 12.6 Å². The summed E-state index contributed by atoms with van der Waals surface area (Å²) in [7, 11) is 0. The van der Waals surface area contributed by atoms with Crippen molar-refractivity contribution in [2.24, 2.45) is 5.10 Å². The van der Waals surface area contributed by atoms with Gasteiger partial charge in [0.1, 0.15) is 5.70 Å². The Balaban J connectivity index is 1.90. The van der Waals surface area contributed by atoms with Crippen LogP contribution in [0.3, 0.4) is 0 Å². The molecule has 0 radical (unpaired) electrons. The summed E-state index contributed by atoms with van der Waals surface area (Å²) < 4.78 is 37.5. The molecule has 1 aliphatic carbocycles. The van der Waals surface area contributed by atoms with Crippen LogP contribution in [0.1, 0.15) is 12.0 Å². The van der Waals surface area contributed by atoms with Crippen molar-refractivity contribution in [3.05, 3.63) is 53.8 Å². The number of fused-ring (bicyclic) bond motifs is 1. The van der Waals surface area contributed by atoms with E-state index in [2.05, 4.69) is 5.10 Å². The molecule has 2 aliphatic rings. The summed E-state index contributed by atoms with van der Waals surface area (Å²) in [6, 6.07) is 4.44. The smallest absolute Gasteiger partial charge is 0.267 e. The quantitative estimate of drug-likeness (QED) is 0.858. The Bertz CT molecular complexity index is 617. The molecule has 0 atom stereocenters. The Kier molecular flexibility index (Phi) is 2.79. The van der Waals surface area contributed by atoms with E-state index in [-0.39, 0.29) is 0 Å². The highest BCUT2D eigenvalue weighted by molar-refractivity contribution is 6.03. The number of rotatable bonds is 1. The first-order valence-corrected chi connectivity index (χ1v) is 5.88. The molecule has 1 aliphatic heterocycles. The van der Waals surface area contributed by atoms with Crippen LogP contribution in [0, 0.1) is 0 Å². The van der Waals surface area contributed by atoms with E-state index in [4.69, 9.17) is 0 Å². The molecule has 0 saturated heterocycles. The van der Waals surface area contributed by atoms with Crippen molar-refractivity contribution in [2.75, 3.05) is 5.12 Å². The van der Waals surface area contributed by atoms with E-state index in [0.717, 1.165) is 22.4 Å². The number of allylic oxidation sites excluding steroid dienone is 4. The minimum Gasteiger partial charge on any atom is -0.267 e. The molecule has 1 N–H and O–H groups in total. The highest BCUT2D eigenvalue weighted by Gasteiger charge is 2.32. The zero-order valence-corrected chi connectivity index (χ0v) is 10.2. The molecule has 1 heterocycles. The van der Waals surface area contributed by atoms with Crippen LogP contribution in [-0.4, -0.2) is 16.1 Å². The Morgan fingerprint density at radius 1 is 1.15 bits per heavy atom. The number of anilines is 1. The molecule has 0 amide bonds. The van der Waals surface area contributed by atoms with E-state index >= 15 is 0 Å². The fourth-order valence-electron chi connectivity index (χ4n) is 2.02. The highest BCUT2D eigenvalue weighted by atomic mass is 19.4. The third-order valence-electron chi connectivity index (χ3n) is 3.03. The van der Waals surface area contributed by atoms with E-state index in [9.17, 15) is 18.4 Å². The third-order valence-corrected chi connectivity index (χ3v) is 3.03. The Morgan fingerprint density at radius 2 is 1.85 bits per heavy atom. The van der Waals surface area contributed by atoms with Crippen molar-refractivity contribution in [1.29, 1.82) is 0 Å². The van der Waals surface area contributed by atoms with Crippen LogP contribution < -0.4 is 5.12 Å². The van der Waals surface area contributed by atoms with E-state index in [0.29, 0.717) is 23.5 Å².